The summed E-state index contributed by atoms with van der Waals surface area (Å²) < 4.78 is 0. The minimum atomic E-state index is -1.28. The Hall–Kier alpha value is -3.56. The molecule has 33 heavy (non-hydrogen) atoms. The fourth-order valence-corrected chi connectivity index (χ4v) is 4.80. The van der Waals surface area contributed by atoms with Crippen LogP contribution in [0, 0.1) is 23.7 Å². The van der Waals surface area contributed by atoms with E-state index in [2.05, 4.69) is 21.2 Å². The van der Waals surface area contributed by atoms with E-state index in [0.29, 0.717) is 11.6 Å². The van der Waals surface area contributed by atoms with Crippen molar-refractivity contribution in [3.05, 3.63) is 29.8 Å². The van der Waals surface area contributed by atoms with Gasteiger partial charge in [0.25, 0.3) is 5.91 Å². The summed E-state index contributed by atoms with van der Waals surface area (Å²) in [5, 5.41) is 8.75. The second-order valence-corrected chi connectivity index (χ2v) is 9.16. The standard InChI is InChI=1S/C23H27N5O5/c1-12(2)19(29)25-16-7-5-14(6-8-16)20(30)27-24-11-17-21(31)26-23(33)28(22(17)32)18-10-13-3-4-15(18)9-13/h5-8,11-13,15,17-18H,3-4,9-10H2,1-2H3,(H,25,29)(H,27,30)(H,26,31,33)/b24-11-/t13-,15-,17+,18-/m0/s1. The number of hydrogen-bond acceptors (Lipinski definition) is 6. The number of nitrogens with one attached hydrogen (secondary N) is 3. The lowest BCUT2D eigenvalue weighted by Gasteiger charge is -2.36. The number of barbiturate groups is 1. The normalized spacial score (nSPS) is 26.8. The van der Waals surface area contributed by atoms with Gasteiger partial charge in [-0.2, -0.15) is 5.10 Å². The Bertz CT molecular complexity index is 1020. The summed E-state index contributed by atoms with van der Waals surface area (Å²) in [5.74, 6) is -2.69. The van der Waals surface area contributed by atoms with Crippen LogP contribution in [0.3, 0.4) is 0 Å². The van der Waals surface area contributed by atoms with Gasteiger partial charge in [0, 0.05) is 29.4 Å². The maximum atomic E-state index is 12.9. The summed E-state index contributed by atoms with van der Waals surface area (Å²) in [6.07, 6.45) is 4.93. The van der Waals surface area contributed by atoms with E-state index >= 15 is 0 Å². The van der Waals surface area contributed by atoms with Gasteiger partial charge in [-0.15, -0.1) is 0 Å². The second kappa shape index (κ2) is 9.13. The first-order valence-corrected chi connectivity index (χ1v) is 11.2. The third-order valence-electron chi connectivity index (χ3n) is 6.60. The van der Waals surface area contributed by atoms with Crippen LogP contribution < -0.4 is 16.1 Å². The van der Waals surface area contributed by atoms with Crippen molar-refractivity contribution in [2.45, 2.75) is 45.6 Å². The van der Waals surface area contributed by atoms with Crippen LogP contribution in [0.25, 0.3) is 0 Å². The van der Waals surface area contributed by atoms with Gasteiger partial charge in [0.2, 0.25) is 17.7 Å². The molecular formula is C23H27N5O5. The maximum absolute atomic E-state index is 12.9. The van der Waals surface area contributed by atoms with Crippen LogP contribution in [-0.2, 0) is 14.4 Å². The summed E-state index contributed by atoms with van der Waals surface area (Å²) in [6, 6.07) is 5.36. The minimum absolute atomic E-state index is 0.134. The fourth-order valence-electron chi connectivity index (χ4n) is 4.80. The summed E-state index contributed by atoms with van der Waals surface area (Å²) in [6.45, 7) is 3.55. The van der Waals surface area contributed by atoms with E-state index in [1.807, 2.05) is 0 Å². The molecule has 0 radical (unpaired) electrons. The molecule has 3 aliphatic rings. The average molecular weight is 453 g/mol. The van der Waals surface area contributed by atoms with E-state index in [1.54, 1.807) is 26.0 Å². The quantitative estimate of drug-likeness (QED) is 0.343. The van der Waals surface area contributed by atoms with Crippen LogP contribution in [0.5, 0.6) is 0 Å². The molecule has 2 saturated carbocycles. The van der Waals surface area contributed by atoms with Gasteiger partial charge in [0.05, 0.1) is 0 Å². The van der Waals surface area contributed by atoms with Gasteiger partial charge in [-0.05, 0) is 55.4 Å². The molecule has 1 aromatic rings. The Morgan fingerprint density at radius 1 is 1.12 bits per heavy atom. The van der Waals surface area contributed by atoms with Crippen molar-refractivity contribution >= 4 is 41.6 Å². The zero-order chi connectivity index (χ0) is 23.7. The molecule has 2 bridgehead atoms. The molecule has 1 aliphatic heterocycles. The Kier molecular flexibility index (Phi) is 6.26. The smallest absolute Gasteiger partial charge is 0.326 e. The van der Waals surface area contributed by atoms with Crippen molar-refractivity contribution in [3.63, 3.8) is 0 Å². The zero-order valence-electron chi connectivity index (χ0n) is 18.5. The molecule has 3 N–H and O–H groups in total. The molecule has 1 heterocycles. The van der Waals surface area contributed by atoms with Gasteiger partial charge in [-0.1, -0.05) is 20.3 Å². The molecule has 0 unspecified atom stereocenters. The van der Waals surface area contributed by atoms with E-state index < -0.39 is 29.7 Å². The molecule has 4 atom stereocenters. The van der Waals surface area contributed by atoms with E-state index in [0.717, 1.165) is 31.9 Å². The van der Waals surface area contributed by atoms with Crippen molar-refractivity contribution in [3.8, 4) is 0 Å². The Morgan fingerprint density at radius 3 is 2.45 bits per heavy atom. The van der Waals surface area contributed by atoms with Crippen LogP contribution in [0.1, 0.15) is 49.9 Å². The predicted octanol–water partition coefficient (Wildman–Crippen LogP) is 1.88. The third-order valence-corrected chi connectivity index (χ3v) is 6.60. The number of benzene rings is 1. The highest BCUT2D eigenvalue weighted by atomic mass is 16.2. The van der Waals surface area contributed by atoms with Crippen LogP contribution >= 0.6 is 0 Å². The molecule has 6 amide bonds. The van der Waals surface area contributed by atoms with E-state index in [4.69, 9.17) is 0 Å². The molecule has 0 spiro atoms. The van der Waals surface area contributed by atoms with E-state index in [9.17, 15) is 24.0 Å². The first-order chi connectivity index (χ1) is 15.7. The monoisotopic (exact) mass is 453 g/mol. The molecule has 174 valence electrons. The largest absolute Gasteiger partial charge is 0.331 e. The zero-order valence-corrected chi connectivity index (χ0v) is 18.5. The summed E-state index contributed by atoms with van der Waals surface area (Å²) >= 11 is 0. The molecule has 2 aliphatic carbocycles. The Morgan fingerprint density at radius 2 is 1.85 bits per heavy atom. The van der Waals surface area contributed by atoms with Crippen LogP contribution in [0.15, 0.2) is 29.4 Å². The fraction of sp³-hybridized carbons (Fsp3) is 0.478. The first kappa shape index (κ1) is 22.6. The lowest BCUT2D eigenvalue weighted by atomic mass is 9.92. The molecule has 3 fully saturated rings. The number of fused-ring (bicyclic) bond motifs is 2. The number of amides is 6. The topological polar surface area (TPSA) is 137 Å². The average Bonchev–Trinajstić information content (AvgIpc) is 3.40. The third kappa shape index (κ3) is 4.64. The first-order valence-electron chi connectivity index (χ1n) is 11.2. The number of hydrogen-bond donors (Lipinski definition) is 3. The Labute approximate surface area is 191 Å². The van der Waals surface area contributed by atoms with Gasteiger partial charge in [0.15, 0.2) is 5.92 Å². The number of urea groups is 1. The summed E-state index contributed by atoms with van der Waals surface area (Å²) in [7, 11) is 0. The summed E-state index contributed by atoms with van der Waals surface area (Å²) in [4.78, 5) is 62.8. The van der Waals surface area contributed by atoms with Gasteiger partial charge >= 0.3 is 6.03 Å². The van der Waals surface area contributed by atoms with Gasteiger partial charge in [-0.3, -0.25) is 29.4 Å². The van der Waals surface area contributed by atoms with Crippen molar-refractivity contribution < 1.29 is 24.0 Å². The molecule has 10 nitrogen and oxygen atoms in total. The lowest BCUT2D eigenvalue weighted by molar-refractivity contribution is -0.141. The van der Waals surface area contributed by atoms with E-state index in [1.165, 1.54) is 17.0 Å². The van der Waals surface area contributed by atoms with Crippen LogP contribution in [-0.4, -0.2) is 46.8 Å². The maximum Gasteiger partial charge on any atom is 0.331 e. The molecule has 1 aromatic carbocycles. The van der Waals surface area contributed by atoms with Crippen molar-refractivity contribution in [1.29, 1.82) is 0 Å². The molecule has 1 saturated heterocycles. The predicted molar refractivity (Wildman–Crippen MR) is 119 cm³/mol. The number of carbonyl (C=O) groups excluding carboxylic acids is 5. The van der Waals surface area contributed by atoms with Gasteiger partial charge in [-0.25, -0.2) is 10.2 Å². The van der Waals surface area contributed by atoms with Crippen molar-refractivity contribution in [2.24, 2.45) is 28.8 Å². The highest BCUT2D eigenvalue weighted by Crippen LogP contribution is 2.47. The lowest BCUT2D eigenvalue weighted by Crippen LogP contribution is -2.62. The molecule has 4 rings (SSSR count). The molecule has 10 heteroatoms. The molecule has 0 aromatic heterocycles. The highest BCUT2D eigenvalue weighted by Gasteiger charge is 2.50. The summed E-state index contributed by atoms with van der Waals surface area (Å²) in [5.41, 5.74) is 3.14. The minimum Gasteiger partial charge on any atom is -0.326 e. The van der Waals surface area contributed by atoms with Gasteiger partial charge in [0.1, 0.15) is 0 Å². The molecular weight excluding hydrogens is 426 g/mol. The highest BCUT2D eigenvalue weighted by molar-refractivity contribution is 6.23. The van der Waals surface area contributed by atoms with Gasteiger partial charge < -0.3 is 5.32 Å². The Balaban J connectivity index is 1.37. The number of rotatable bonds is 6. The van der Waals surface area contributed by atoms with Crippen LogP contribution in [0.4, 0.5) is 10.5 Å². The number of anilines is 1. The number of carbonyl (C=O) groups is 5. The number of nitrogens with zero attached hydrogens (tertiary/aromatic N) is 2. The van der Waals surface area contributed by atoms with Crippen molar-refractivity contribution in [2.75, 3.05) is 5.32 Å². The van der Waals surface area contributed by atoms with Crippen molar-refractivity contribution in [1.82, 2.24) is 15.6 Å². The number of hydrazone groups is 1. The SMILES string of the molecule is CC(C)C(=O)Nc1ccc(C(=O)N/N=C\[C@@H]2C(=O)NC(=O)N([C@H]3C[C@H]4CC[C@H]3C4)C2=O)cc1. The van der Waals surface area contributed by atoms with E-state index in [-0.39, 0.29) is 29.3 Å². The number of imide groups is 2. The van der Waals surface area contributed by atoms with Crippen LogP contribution in [0.2, 0.25) is 0 Å². The second-order valence-electron chi connectivity index (χ2n) is 9.16.